The molecule has 0 radical (unpaired) electrons. The van der Waals surface area contributed by atoms with Gasteiger partial charge in [0.25, 0.3) is 0 Å². The quantitative estimate of drug-likeness (QED) is 0.621. The van der Waals surface area contributed by atoms with Crippen LogP contribution >= 0.6 is 0 Å². The summed E-state index contributed by atoms with van der Waals surface area (Å²) in [5, 5.41) is 0. The number of rotatable bonds is 11. The van der Waals surface area contributed by atoms with Crippen LogP contribution in [-0.2, 0) is 4.74 Å². The van der Waals surface area contributed by atoms with Crippen molar-refractivity contribution in [1.29, 1.82) is 0 Å². The monoisotopic (exact) mass is 279 g/mol. The van der Waals surface area contributed by atoms with Crippen LogP contribution in [0.4, 0.5) is 0 Å². The largest absolute Gasteiger partial charge is 0.494 e. The van der Waals surface area contributed by atoms with E-state index in [9.17, 15) is 0 Å². The van der Waals surface area contributed by atoms with E-state index < -0.39 is 0 Å². The molecule has 1 aromatic carbocycles. The molecule has 0 fully saturated rings. The Morgan fingerprint density at radius 3 is 2.55 bits per heavy atom. The van der Waals surface area contributed by atoms with Gasteiger partial charge in [-0.25, -0.2) is 0 Å². The Balaban J connectivity index is 2.27. The number of benzene rings is 1. The Kier molecular flexibility index (Phi) is 9.09. The fraction of sp³-hybridized carbons (Fsp3) is 0.647. The molecule has 0 bridgehead atoms. The summed E-state index contributed by atoms with van der Waals surface area (Å²) in [6.45, 7) is 6.22. The normalized spacial score (nSPS) is 12.3. The second-order valence-corrected chi connectivity index (χ2v) is 5.07. The smallest absolute Gasteiger partial charge is 0.124 e. The van der Waals surface area contributed by atoms with E-state index in [2.05, 4.69) is 6.92 Å². The summed E-state index contributed by atoms with van der Waals surface area (Å²) in [4.78, 5) is 0. The van der Waals surface area contributed by atoms with Gasteiger partial charge in [0.05, 0.1) is 19.3 Å². The van der Waals surface area contributed by atoms with Crippen LogP contribution in [0.3, 0.4) is 0 Å². The van der Waals surface area contributed by atoms with Crippen molar-refractivity contribution in [2.24, 2.45) is 5.73 Å². The Morgan fingerprint density at radius 1 is 1.05 bits per heavy atom. The molecule has 20 heavy (non-hydrogen) atoms. The topological polar surface area (TPSA) is 44.5 Å². The van der Waals surface area contributed by atoms with Gasteiger partial charge in [0.1, 0.15) is 5.75 Å². The number of hydrogen-bond donors (Lipinski definition) is 1. The van der Waals surface area contributed by atoms with E-state index >= 15 is 0 Å². The molecule has 1 atom stereocenters. The van der Waals surface area contributed by atoms with E-state index in [4.69, 9.17) is 15.2 Å². The molecule has 0 aromatic heterocycles. The van der Waals surface area contributed by atoms with E-state index in [0.717, 1.165) is 24.3 Å². The molecule has 0 aliphatic carbocycles. The Bertz CT molecular complexity index is 355. The molecule has 3 heteroatoms. The van der Waals surface area contributed by atoms with Crippen LogP contribution in [0, 0.1) is 0 Å². The van der Waals surface area contributed by atoms with E-state index in [1.807, 2.05) is 31.2 Å². The molecule has 0 aliphatic heterocycles. The zero-order valence-electron chi connectivity index (χ0n) is 12.9. The average molecular weight is 279 g/mol. The molecule has 0 saturated carbocycles. The van der Waals surface area contributed by atoms with Crippen molar-refractivity contribution >= 4 is 0 Å². The van der Waals surface area contributed by atoms with E-state index in [0.29, 0.717) is 13.2 Å². The standard InChI is InChI=1S/C17H29NO2/c1-3-5-6-7-10-13-19-14-16(18)15-11-8-9-12-17(15)20-4-2/h8-9,11-12,16H,3-7,10,13-14,18H2,1-2H3. The summed E-state index contributed by atoms with van der Waals surface area (Å²) in [5.74, 6) is 0.869. The Morgan fingerprint density at radius 2 is 1.80 bits per heavy atom. The van der Waals surface area contributed by atoms with Crippen LogP contribution in [0.25, 0.3) is 0 Å². The third kappa shape index (κ3) is 6.40. The first-order valence-corrected chi connectivity index (χ1v) is 7.84. The third-order valence-electron chi connectivity index (χ3n) is 3.31. The van der Waals surface area contributed by atoms with E-state index in [1.165, 1.54) is 25.7 Å². The van der Waals surface area contributed by atoms with Gasteiger partial charge in [0.15, 0.2) is 0 Å². The lowest BCUT2D eigenvalue weighted by Gasteiger charge is -2.16. The van der Waals surface area contributed by atoms with E-state index in [1.54, 1.807) is 0 Å². The van der Waals surface area contributed by atoms with Gasteiger partial charge in [-0.05, 0) is 19.4 Å². The van der Waals surface area contributed by atoms with Gasteiger partial charge in [-0.1, -0.05) is 50.8 Å². The van der Waals surface area contributed by atoms with Crippen molar-refractivity contribution in [3.05, 3.63) is 29.8 Å². The molecule has 114 valence electrons. The summed E-state index contributed by atoms with van der Waals surface area (Å²) < 4.78 is 11.3. The lowest BCUT2D eigenvalue weighted by molar-refractivity contribution is 0.116. The van der Waals surface area contributed by atoms with Crippen LogP contribution in [0.5, 0.6) is 5.75 Å². The predicted octanol–water partition coefficient (Wildman–Crippen LogP) is 4.07. The molecule has 0 heterocycles. The number of nitrogens with two attached hydrogens (primary N) is 1. The van der Waals surface area contributed by atoms with Gasteiger partial charge >= 0.3 is 0 Å². The molecular formula is C17H29NO2. The maximum Gasteiger partial charge on any atom is 0.124 e. The Labute approximate surface area is 123 Å². The molecule has 3 nitrogen and oxygen atoms in total. The highest BCUT2D eigenvalue weighted by Crippen LogP contribution is 2.23. The molecule has 0 spiro atoms. The fourth-order valence-electron chi connectivity index (χ4n) is 2.18. The minimum Gasteiger partial charge on any atom is -0.494 e. The number of hydrogen-bond acceptors (Lipinski definition) is 3. The van der Waals surface area contributed by atoms with Crippen molar-refractivity contribution in [3.8, 4) is 5.75 Å². The molecule has 1 aromatic rings. The summed E-state index contributed by atoms with van der Waals surface area (Å²) in [5.41, 5.74) is 7.21. The molecule has 2 N–H and O–H groups in total. The Hall–Kier alpha value is -1.06. The highest BCUT2D eigenvalue weighted by molar-refractivity contribution is 5.35. The van der Waals surface area contributed by atoms with Crippen LogP contribution in [-0.4, -0.2) is 19.8 Å². The highest BCUT2D eigenvalue weighted by atomic mass is 16.5. The first kappa shape index (κ1) is 17.0. The van der Waals surface area contributed by atoms with E-state index in [-0.39, 0.29) is 6.04 Å². The zero-order chi connectivity index (χ0) is 14.6. The van der Waals surface area contributed by atoms with Gasteiger partial charge < -0.3 is 15.2 Å². The van der Waals surface area contributed by atoms with Crippen molar-refractivity contribution in [2.45, 2.75) is 52.0 Å². The highest BCUT2D eigenvalue weighted by Gasteiger charge is 2.11. The van der Waals surface area contributed by atoms with Crippen LogP contribution in [0.1, 0.15) is 57.6 Å². The van der Waals surface area contributed by atoms with Crippen LogP contribution < -0.4 is 10.5 Å². The second-order valence-electron chi connectivity index (χ2n) is 5.07. The third-order valence-corrected chi connectivity index (χ3v) is 3.31. The van der Waals surface area contributed by atoms with Gasteiger partial charge in [-0.2, -0.15) is 0 Å². The molecular weight excluding hydrogens is 250 g/mol. The number of ether oxygens (including phenoxy) is 2. The lowest BCUT2D eigenvalue weighted by Crippen LogP contribution is -2.18. The molecule has 0 saturated heterocycles. The maximum atomic E-state index is 6.18. The fourth-order valence-corrected chi connectivity index (χ4v) is 2.18. The van der Waals surface area contributed by atoms with Crippen molar-refractivity contribution < 1.29 is 9.47 Å². The summed E-state index contributed by atoms with van der Waals surface area (Å²) in [6, 6.07) is 7.82. The molecule has 0 aliphatic rings. The summed E-state index contributed by atoms with van der Waals surface area (Å²) >= 11 is 0. The summed E-state index contributed by atoms with van der Waals surface area (Å²) in [7, 11) is 0. The van der Waals surface area contributed by atoms with Gasteiger partial charge in [0.2, 0.25) is 0 Å². The SMILES string of the molecule is CCCCCCCOCC(N)c1ccccc1OCC. The van der Waals surface area contributed by atoms with Gasteiger partial charge in [0, 0.05) is 12.2 Å². The number of para-hydroxylation sites is 1. The first-order valence-electron chi connectivity index (χ1n) is 7.84. The van der Waals surface area contributed by atoms with Gasteiger partial charge in [-0.3, -0.25) is 0 Å². The average Bonchev–Trinajstić information content (AvgIpc) is 2.47. The second kappa shape index (κ2) is 10.7. The van der Waals surface area contributed by atoms with Crippen molar-refractivity contribution in [1.82, 2.24) is 0 Å². The van der Waals surface area contributed by atoms with Crippen LogP contribution in [0.15, 0.2) is 24.3 Å². The molecule has 1 rings (SSSR count). The molecule has 0 amide bonds. The molecule has 1 unspecified atom stereocenters. The van der Waals surface area contributed by atoms with Crippen LogP contribution in [0.2, 0.25) is 0 Å². The predicted molar refractivity (Wildman–Crippen MR) is 84.1 cm³/mol. The van der Waals surface area contributed by atoms with Gasteiger partial charge in [-0.15, -0.1) is 0 Å². The summed E-state index contributed by atoms with van der Waals surface area (Å²) in [6.07, 6.45) is 6.28. The zero-order valence-corrected chi connectivity index (χ0v) is 12.9. The van der Waals surface area contributed by atoms with Crippen molar-refractivity contribution in [3.63, 3.8) is 0 Å². The minimum atomic E-state index is -0.117. The number of unbranched alkanes of at least 4 members (excludes halogenated alkanes) is 4. The minimum absolute atomic E-state index is 0.117. The maximum absolute atomic E-state index is 6.18. The van der Waals surface area contributed by atoms with Crippen molar-refractivity contribution in [2.75, 3.05) is 19.8 Å². The first-order chi connectivity index (χ1) is 9.79. The lowest BCUT2D eigenvalue weighted by atomic mass is 10.1.